The van der Waals surface area contributed by atoms with Crippen LogP contribution in [0.3, 0.4) is 0 Å². The Labute approximate surface area is 195 Å². The third kappa shape index (κ3) is 3.81. The molecule has 5 aromatic rings. The highest BCUT2D eigenvalue weighted by molar-refractivity contribution is 6.03. The van der Waals surface area contributed by atoms with E-state index in [0.29, 0.717) is 30.3 Å². The summed E-state index contributed by atoms with van der Waals surface area (Å²) in [7, 11) is 0. The summed E-state index contributed by atoms with van der Waals surface area (Å²) in [6.45, 7) is 1.09. The minimum Gasteiger partial charge on any atom is -0.449 e. The van der Waals surface area contributed by atoms with Gasteiger partial charge in [-0.15, -0.1) is 0 Å². The van der Waals surface area contributed by atoms with Crippen LogP contribution in [0.2, 0.25) is 0 Å². The second kappa shape index (κ2) is 8.67. The average Bonchev–Trinajstić information content (AvgIpc) is 3.46. The monoisotopic (exact) mass is 448 g/mol. The van der Waals surface area contributed by atoms with E-state index in [4.69, 9.17) is 9.25 Å². The lowest BCUT2D eigenvalue weighted by Crippen LogP contribution is -2.15. The summed E-state index contributed by atoms with van der Waals surface area (Å²) < 4.78 is 6.05. The molecule has 3 aromatic heterocycles. The Kier molecular flexibility index (Phi) is 5.08. The Bertz CT molecular complexity index is 1480. The van der Waals surface area contributed by atoms with Gasteiger partial charge in [-0.05, 0) is 41.5 Å². The fourth-order valence-electron chi connectivity index (χ4n) is 3.94. The summed E-state index contributed by atoms with van der Waals surface area (Å²) in [6.07, 6.45) is 6.82. The molecular formula is C26H20N6O2. The minimum absolute atomic E-state index is 0.424. The number of hydrogen-bond acceptors (Lipinski definition) is 7. The molecule has 34 heavy (non-hydrogen) atoms. The maximum absolute atomic E-state index is 6.05. The highest BCUT2D eigenvalue weighted by Gasteiger charge is 2.21. The summed E-state index contributed by atoms with van der Waals surface area (Å²) in [5, 5.41) is 12.0. The van der Waals surface area contributed by atoms with Crippen molar-refractivity contribution in [1.82, 2.24) is 20.3 Å². The van der Waals surface area contributed by atoms with Crippen molar-refractivity contribution in [1.29, 1.82) is 0 Å². The number of nitrogens with one attached hydrogen (secondary N) is 2. The number of nitrogens with zero attached hydrogens (tertiary/aromatic N) is 4. The molecule has 0 fully saturated rings. The van der Waals surface area contributed by atoms with E-state index in [1.165, 1.54) is 0 Å². The molecule has 2 N–H and O–H groups in total. The molecule has 0 saturated heterocycles. The number of aromatic nitrogens is 3. The molecule has 166 valence electrons. The summed E-state index contributed by atoms with van der Waals surface area (Å²) in [5.74, 6) is 1.81. The Morgan fingerprint density at radius 3 is 2.76 bits per heavy atom. The molecule has 0 amide bonds. The summed E-state index contributed by atoms with van der Waals surface area (Å²) in [4.78, 5) is 18.5. The molecule has 8 heteroatoms. The van der Waals surface area contributed by atoms with Crippen LogP contribution in [0.15, 0.2) is 95.0 Å². The van der Waals surface area contributed by atoms with Crippen LogP contribution in [-0.2, 0) is 18.0 Å². The molecule has 0 unspecified atom stereocenters. The first-order valence-corrected chi connectivity index (χ1v) is 10.9. The molecule has 8 nitrogen and oxygen atoms in total. The van der Waals surface area contributed by atoms with Gasteiger partial charge in [-0.1, -0.05) is 35.5 Å². The Hall–Kier alpha value is -4.72. The van der Waals surface area contributed by atoms with E-state index in [1.807, 2.05) is 48.5 Å². The molecular weight excluding hydrogens is 428 g/mol. The number of hydrogen-bond donors (Lipinski definition) is 2. The van der Waals surface area contributed by atoms with Crippen molar-refractivity contribution in [3.63, 3.8) is 0 Å². The zero-order valence-corrected chi connectivity index (χ0v) is 18.1. The van der Waals surface area contributed by atoms with E-state index in [9.17, 15) is 0 Å². The van der Waals surface area contributed by atoms with Crippen molar-refractivity contribution >= 4 is 28.2 Å². The number of fused-ring (bicyclic) bond motifs is 2. The Morgan fingerprint density at radius 1 is 1.00 bits per heavy atom. The number of pyridine rings is 1. The number of furan rings is 1. The van der Waals surface area contributed by atoms with Crippen LogP contribution in [0.1, 0.15) is 16.7 Å². The van der Waals surface area contributed by atoms with E-state index in [1.54, 1.807) is 30.9 Å². The lowest BCUT2D eigenvalue weighted by Gasteiger charge is -2.08. The lowest BCUT2D eigenvalue weighted by molar-refractivity contribution is 0.130. The van der Waals surface area contributed by atoms with E-state index >= 15 is 0 Å². The van der Waals surface area contributed by atoms with Crippen molar-refractivity contribution in [2.75, 3.05) is 5.32 Å². The van der Waals surface area contributed by atoms with Crippen molar-refractivity contribution in [2.24, 2.45) is 5.16 Å². The van der Waals surface area contributed by atoms with Gasteiger partial charge in [-0.2, -0.15) is 0 Å². The summed E-state index contributed by atoms with van der Waals surface area (Å²) in [6, 6.07) is 19.8. The molecule has 2 aromatic carbocycles. The number of anilines is 2. The molecule has 0 spiro atoms. The molecule has 0 radical (unpaired) electrons. The zero-order chi connectivity index (χ0) is 22.7. The number of amidine groups is 1. The number of rotatable bonds is 6. The van der Waals surface area contributed by atoms with E-state index in [2.05, 4.69) is 36.8 Å². The maximum atomic E-state index is 6.05. The molecule has 1 aliphatic rings. The van der Waals surface area contributed by atoms with Crippen molar-refractivity contribution in [3.8, 4) is 11.6 Å². The van der Waals surface area contributed by atoms with Gasteiger partial charge in [-0.3, -0.25) is 4.98 Å². The molecule has 0 bridgehead atoms. The SMILES string of the molecule is c1ccc(CO/N=C2\NCc3cc(Nc4c(-c5ncccn5)oc5cnccc45)ccc32)cc1. The average molecular weight is 448 g/mol. The third-order valence-corrected chi connectivity index (χ3v) is 5.57. The lowest BCUT2D eigenvalue weighted by atomic mass is 10.1. The van der Waals surface area contributed by atoms with Gasteiger partial charge in [-0.25, -0.2) is 9.97 Å². The predicted molar refractivity (Wildman–Crippen MR) is 129 cm³/mol. The van der Waals surface area contributed by atoms with Gasteiger partial charge >= 0.3 is 0 Å². The van der Waals surface area contributed by atoms with Crippen LogP contribution in [0.4, 0.5) is 11.4 Å². The van der Waals surface area contributed by atoms with Crippen LogP contribution in [-0.4, -0.2) is 20.8 Å². The van der Waals surface area contributed by atoms with E-state index in [0.717, 1.165) is 39.3 Å². The smallest absolute Gasteiger partial charge is 0.197 e. The van der Waals surface area contributed by atoms with Crippen molar-refractivity contribution in [2.45, 2.75) is 13.2 Å². The first-order valence-electron chi connectivity index (χ1n) is 10.9. The minimum atomic E-state index is 0.424. The van der Waals surface area contributed by atoms with Gasteiger partial charge in [0.05, 0.1) is 11.9 Å². The standard InChI is InChI=1S/C26H20N6O2/c1-2-5-17(6-3-1)16-33-32-25-20-8-7-19(13-18(20)14-30-25)31-23-21-9-12-27-15-22(21)34-24(23)26-28-10-4-11-29-26/h1-13,15,31H,14,16H2,(H,30,32). The Balaban J connectivity index is 1.27. The van der Waals surface area contributed by atoms with Crippen molar-refractivity contribution in [3.05, 3.63) is 102 Å². The highest BCUT2D eigenvalue weighted by Crippen LogP contribution is 2.38. The predicted octanol–water partition coefficient (Wildman–Crippen LogP) is 5.01. The van der Waals surface area contributed by atoms with Gasteiger partial charge < -0.3 is 19.9 Å². The van der Waals surface area contributed by atoms with Crippen molar-refractivity contribution < 1.29 is 9.25 Å². The second-order valence-electron chi connectivity index (χ2n) is 7.80. The fraction of sp³-hybridized carbons (Fsp3) is 0.0769. The van der Waals surface area contributed by atoms with Gasteiger partial charge in [0, 0.05) is 41.8 Å². The molecule has 6 rings (SSSR count). The topological polar surface area (TPSA) is 97.5 Å². The van der Waals surface area contributed by atoms with Gasteiger partial charge in [0.1, 0.15) is 6.61 Å². The zero-order valence-electron chi connectivity index (χ0n) is 18.1. The van der Waals surface area contributed by atoms with Crippen LogP contribution >= 0.6 is 0 Å². The van der Waals surface area contributed by atoms with Crippen LogP contribution in [0.5, 0.6) is 0 Å². The first kappa shape index (κ1) is 19.9. The normalized spacial score (nSPS) is 13.6. The Morgan fingerprint density at radius 2 is 1.88 bits per heavy atom. The maximum Gasteiger partial charge on any atom is 0.197 e. The van der Waals surface area contributed by atoms with Gasteiger partial charge in [0.25, 0.3) is 0 Å². The third-order valence-electron chi connectivity index (χ3n) is 5.57. The van der Waals surface area contributed by atoms with E-state index < -0.39 is 0 Å². The summed E-state index contributed by atoms with van der Waals surface area (Å²) >= 11 is 0. The summed E-state index contributed by atoms with van der Waals surface area (Å²) in [5.41, 5.74) is 5.61. The molecule has 1 aliphatic heterocycles. The van der Waals surface area contributed by atoms with Crippen LogP contribution < -0.4 is 10.6 Å². The van der Waals surface area contributed by atoms with Crippen LogP contribution in [0.25, 0.3) is 22.6 Å². The number of benzene rings is 2. The second-order valence-corrected chi connectivity index (χ2v) is 7.80. The fourth-order valence-corrected chi connectivity index (χ4v) is 3.94. The molecule has 0 saturated carbocycles. The first-order chi connectivity index (χ1) is 16.8. The quantitative estimate of drug-likeness (QED) is 0.352. The van der Waals surface area contributed by atoms with Gasteiger partial charge in [0.15, 0.2) is 23.0 Å². The largest absolute Gasteiger partial charge is 0.449 e. The van der Waals surface area contributed by atoms with E-state index in [-0.39, 0.29) is 0 Å². The molecule has 4 heterocycles. The van der Waals surface area contributed by atoms with Gasteiger partial charge in [0.2, 0.25) is 0 Å². The molecule has 0 aliphatic carbocycles. The highest BCUT2D eigenvalue weighted by atomic mass is 16.6. The number of oxime groups is 1. The van der Waals surface area contributed by atoms with Crippen LogP contribution in [0, 0.1) is 0 Å². The molecule has 0 atom stereocenters.